The number of hydrogen-bond donors (Lipinski definition) is 2. The minimum atomic E-state index is -3.24. The van der Waals surface area contributed by atoms with E-state index in [1.54, 1.807) is 12.1 Å². The van der Waals surface area contributed by atoms with Crippen molar-refractivity contribution in [3.8, 4) is 0 Å². The third-order valence-electron chi connectivity index (χ3n) is 5.20. The van der Waals surface area contributed by atoms with Gasteiger partial charge in [-0.25, -0.2) is 8.42 Å². The highest BCUT2D eigenvalue weighted by atomic mass is 32.2. The molecule has 1 saturated carbocycles. The second kappa shape index (κ2) is 6.24. The van der Waals surface area contributed by atoms with Crippen LogP contribution in [0.2, 0.25) is 0 Å². The van der Waals surface area contributed by atoms with Crippen molar-refractivity contribution in [2.75, 3.05) is 19.3 Å². The predicted octanol–water partition coefficient (Wildman–Crippen LogP) is 1.28. The molecule has 1 unspecified atom stereocenters. The molecule has 23 heavy (non-hydrogen) atoms. The van der Waals surface area contributed by atoms with Crippen molar-refractivity contribution < 1.29 is 13.2 Å². The molecule has 126 valence electrons. The Kier molecular flexibility index (Phi) is 4.47. The summed E-state index contributed by atoms with van der Waals surface area (Å²) >= 11 is 0. The number of rotatable bonds is 5. The summed E-state index contributed by atoms with van der Waals surface area (Å²) < 4.78 is 23.6. The average Bonchev–Trinajstić information content (AvgIpc) is 2.97. The van der Waals surface area contributed by atoms with Crippen LogP contribution in [0.3, 0.4) is 0 Å². The topological polar surface area (TPSA) is 75.3 Å². The van der Waals surface area contributed by atoms with E-state index >= 15 is 0 Å². The van der Waals surface area contributed by atoms with E-state index in [0.717, 1.165) is 24.9 Å². The minimum absolute atomic E-state index is 0.0509. The van der Waals surface area contributed by atoms with Gasteiger partial charge in [0.25, 0.3) is 0 Å². The maximum absolute atomic E-state index is 12.4. The molecule has 1 aromatic rings. The van der Waals surface area contributed by atoms with E-state index in [1.807, 2.05) is 12.1 Å². The quantitative estimate of drug-likeness (QED) is 0.849. The highest BCUT2D eigenvalue weighted by Crippen LogP contribution is 2.45. The summed E-state index contributed by atoms with van der Waals surface area (Å²) in [5, 5.41) is 6.22. The number of amides is 1. The standard InChI is InChI=1S/C17H24N2O3S/c1-23(21,22)14-7-3-2-6-13(14)8-11-18-16(20)15-17(12-19-15)9-4-5-10-17/h2-3,6-7,15,19H,4-5,8-12H2,1H3,(H,18,20). The molecule has 3 rings (SSSR count). The lowest BCUT2D eigenvalue weighted by atomic mass is 9.71. The monoisotopic (exact) mass is 336 g/mol. The molecule has 1 atom stereocenters. The zero-order chi connectivity index (χ0) is 16.5. The molecule has 1 aliphatic heterocycles. The molecule has 1 amide bonds. The lowest BCUT2D eigenvalue weighted by molar-refractivity contribution is -0.130. The van der Waals surface area contributed by atoms with Gasteiger partial charge in [-0.15, -0.1) is 0 Å². The van der Waals surface area contributed by atoms with Gasteiger partial charge in [0.05, 0.1) is 10.9 Å². The van der Waals surface area contributed by atoms with Crippen LogP contribution in [0, 0.1) is 5.41 Å². The molecule has 0 bridgehead atoms. The van der Waals surface area contributed by atoms with Crippen molar-refractivity contribution in [2.45, 2.75) is 43.0 Å². The summed E-state index contributed by atoms with van der Waals surface area (Å²) in [6.45, 7) is 1.40. The van der Waals surface area contributed by atoms with Crippen LogP contribution in [0.1, 0.15) is 31.2 Å². The number of sulfone groups is 1. The smallest absolute Gasteiger partial charge is 0.237 e. The van der Waals surface area contributed by atoms with Crippen LogP contribution < -0.4 is 10.6 Å². The fourth-order valence-electron chi connectivity index (χ4n) is 3.90. The summed E-state index contributed by atoms with van der Waals surface area (Å²) in [5.41, 5.74) is 0.932. The third-order valence-corrected chi connectivity index (χ3v) is 6.40. The number of carbonyl (C=O) groups is 1. The molecule has 1 saturated heterocycles. The van der Waals surface area contributed by atoms with Gasteiger partial charge in [0.15, 0.2) is 9.84 Å². The van der Waals surface area contributed by atoms with Crippen molar-refractivity contribution in [1.82, 2.24) is 10.6 Å². The first-order valence-corrected chi connectivity index (χ1v) is 10.1. The Labute approximate surface area is 137 Å². The molecule has 1 aromatic carbocycles. The molecule has 0 aromatic heterocycles. The summed E-state index contributed by atoms with van der Waals surface area (Å²) in [6, 6.07) is 6.90. The zero-order valence-electron chi connectivity index (χ0n) is 13.5. The Balaban J connectivity index is 1.57. The van der Waals surface area contributed by atoms with E-state index in [0.29, 0.717) is 17.9 Å². The molecule has 6 heteroatoms. The minimum Gasteiger partial charge on any atom is -0.354 e. The van der Waals surface area contributed by atoms with Gasteiger partial charge in [-0.3, -0.25) is 4.79 Å². The molecule has 2 fully saturated rings. The van der Waals surface area contributed by atoms with E-state index in [4.69, 9.17) is 0 Å². The third kappa shape index (κ3) is 3.28. The van der Waals surface area contributed by atoms with E-state index in [2.05, 4.69) is 10.6 Å². The van der Waals surface area contributed by atoms with E-state index in [1.165, 1.54) is 19.1 Å². The summed E-state index contributed by atoms with van der Waals surface area (Å²) in [5.74, 6) is 0.0509. The second-order valence-electron chi connectivity index (χ2n) is 6.80. The maximum atomic E-state index is 12.4. The van der Waals surface area contributed by atoms with Gasteiger partial charge in [0, 0.05) is 24.8 Å². The Hall–Kier alpha value is -1.40. The lowest BCUT2D eigenvalue weighted by Crippen LogP contribution is -2.67. The number of hydrogen-bond acceptors (Lipinski definition) is 4. The number of carbonyl (C=O) groups excluding carboxylic acids is 1. The fraction of sp³-hybridized carbons (Fsp3) is 0.588. The largest absolute Gasteiger partial charge is 0.354 e. The van der Waals surface area contributed by atoms with Gasteiger partial charge in [-0.1, -0.05) is 31.0 Å². The Bertz CT molecular complexity index is 694. The summed E-state index contributed by atoms with van der Waals surface area (Å²) in [6.07, 6.45) is 6.44. The van der Waals surface area contributed by atoms with Crippen LogP contribution in [0.5, 0.6) is 0 Å². The summed E-state index contributed by atoms with van der Waals surface area (Å²) in [4.78, 5) is 12.7. The number of benzene rings is 1. The van der Waals surface area contributed by atoms with Crippen LogP contribution in [0.15, 0.2) is 29.2 Å². The Morgan fingerprint density at radius 3 is 2.61 bits per heavy atom. The summed E-state index contributed by atoms with van der Waals surface area (Å²) in [7, 11) is -3.24. The molecule has 1 aliphatic carbocycles. The van der Waals surface area contributed by atoms with E-state index in [-0.39, 0.29) is 17.4 Å². The first-order chi connectivity index (χ1) is 10.9. The second-order valence-corrected chi connectivity index (χ2v) is 8.79. The van der Waals surface area contributed by atoms with Crippen LogP contribution in [0.4, 0.5) is 0 Å². The first kappa shape index (κ1) is 16.5. The van der Waals surface area contributed by atoms with Gasteiger partial charge in [0.1, 0.15) is 0 Å². The number of nitrogens with one attached hydrogen (secondary N) is 2. The van der Waals surface area contributed by atoms with Crippen LogP contribution in [-0.4, -0.2) is 39.7 Å². The predicted molar refractivity (Wildman–Crippen MR) is 89.0 cm³/mol. The van der Waals surface area contributed by atoms with Gasteiger partial charge in [-0.05, 0) is 30.9 Å². The SMILES string of the molecule is CS(=O)(=O)c1ccccc1CCNC(=O)C1NCC12CCCC2. The average molecular weight is 336 g/mol. The van der Waals surface area contributed by atoms with Gasteiger partial charge in [0.2, 0.25) is 5.91 Å². The van der Waals surface area contributed by atoms with Gasteiger partial charge in [-0.2, -0.15) is 0 Å². The van der Waals surface area contributed by atoms with E-state index in [9.17, 15) is 13.2 Å². The highest BCUT2D eigenvalue weighted by molar-refractivity contribution is 7.90. The molecule has 5 nitrogen and oxygen atoms in total. The first-order valence-electron chi connectivity index (χ1n) is 8.21. The molecular weight excluding hydrogens is 312 g/mol. The Morgan fingerprint density at radius 1 is 1.30 bits per heavy atom. The molecule has 2 N–H and O–H groups in total. The Morgan fingerprint density at radius 2 is 2.00 bits per heavy atom. The molecule has 2 aliphatic rings. The van der Waals surface area contributed by atoms with Crippen molar-refractivity contribution in [1.29, 1.82) is 0 Å². The molecule has 1 heterocycles. The molecule has 1 spiro atoms. The maximum Gasteiger partial charge on any atom is 0.237 e. The highest BCUT2D eigenvalue weighted by Gasteiger charge is 2.51. The lowest BCUT2D eigenvalue weighted by Gasteiger charge is -2.47. The van der Waals surface area contributed by atoms with Crippen molar-refractivity contribution in [2.24, 2.45) is 5.41 Å². The zero-order valence-corrected chi connectivity index (χ0v) is 14.3. The van der Waals surface area contributed by atoms with Crippen LogP contribution >= 0.6 is 0 Å². The normalized spacial score (nSPS) is 22.7. The molecular formula is C17H24N2O3S. The fourth-order valence-corrected chi connectivity index (χ4v) is 4.87. The van der Waals surface area contributed by atoms with Crippen LogP contribution in [-0.2, 0) is 21.1 Å². The van der Waals surface area contributed by atoms with Crippen molar-refractivity contribution in [3.05, 3.63) is 29.8 Å². The van der Waals surface area contributed by atoms with Gasteiger partial charge >= 0.3 is 0 Å². The van der Waals surface area contributed by atoms with Crippen LogP contribution in [0.25, 0.3) is 0 Å². The van der Waals surface area contributed by atoms with Crippen molar-refractivity contribution in [3.63, 3.8) is 0 Å². The molecule has 0 radical (unpaired) electrons. The van der Waals surface area contributed by atoms with Gasteiger partial charge < -0.3 is 10.6 Å². The van der Waals surface area contributed by atoms with Crippen molar-refractivity contribution >= 4 is 15.7 Å². The van der Waals surface area contributed by atoms with E-state index < -0.39 is 9.84 Å².